The molecule has 0 aromatic rings. The summed E-state index contributed by atoms with van der Waals surface area (Å²) in [6.45, 7) is 10.9. The quantitative estimate of drug-likeness (QED) is 0.617. The van der Waals surface area contributed by atoms with Gasteiger partial charge in [0.1, 0.15) is 0 Å². The zero-order valence-corrected chi connectivity index (χ0v) is 7.85. The SMILES string of the molecule is C=CC(C)(C)C/C(C)=C/CN. The lowest BCUT2D eigenvalue weighted by atomic mass is 9.86. The zero-order valence-electron chi connectivity index (χ0n) is 7.85. The summed E-state index contributed by atoms with van der Waals surface area (Å²) in [7, 11) is 0. The molecule has 0 heterocycles. The van der Waals surface area contributed by atoms with Crippen LogP contribution in [-0.4, -0.2) is 6.54 Å². The molecule has 0 saturated heterocycles. The molecular formula is C10H19N. The van der Waals surface area contributed by atoms with Gasteiger partial charge in [-0.1, -0.05) is 31.6 Å². The Bertz CT molecular complexity index is 154. The van der Waals surface area contributed by atoms with Crippen molar-refractivity contribution in [2.45, 2.75) is 27.2 Å². The van der Waals surface area contributed by atoms with Crippen molar-refractivity contribution >= 4 is 0 Å². The number of nitrogens with two attached hydrogens (primary N) is 1. The molecule has 1 nitrogen and oxygen atoms in total. The van der Waals surface area contributed by atoms with Crippen molar-refractivity contribution in [1.82, 2.24) is 0 Å². The summed E-state index contributed by atoms with van der Waals surface area (Å²) in [4.78, 5) is 0. The first-order chi connectivity index (χ1) is 5.02. The van der Waals surface area contributed by atoms with E-state index in [2.05, 4.69) is 33.4 Å². The van der Waals surface area contributed by atoms with Crippen LogP contribution in [0.4, 0.5) is 0 Å². The Morgan fingerprint density at radius 2 is 2.09 bits per heavy atom. The van der Waals surface area contributed by atoms with Gasteiger partial charge in [0, 0.05) is 6.54 Å². The van der Waals surface area contributed by atoms with Crippen LogP contribution in [0.15, 0.2) is 24.3 Å². The standard InChI is InChI=1S/C10H19N/c1-5-10(3,4)8-9(2)6-7-11/h5-6H,1,7-8,11H2,2-4H3/b9-6+. The van der Waals surface area contributed by atoms with Crippen molar-refractivity contribution in [3.8, 4) is 0 Å². The van der Waals surface area contributed by atoms with Gasteiger partial charge in [-0.25, -0.2) is 0 Å². The number of hydrogen-bond acceptors (Lipinski definition) is 1. The van der Waals surface area contributed by atoms with Crippen LogP contribution in [0.3, 0.4) is 0 Å². The van der Waals surface area contributed by atoms with Crippen LogP contribution in [-0.2, 0) is 0 Å². The van der Waals surface area contributed by atoms with E-state index in [1.807, 2.05) is 6.08 Å². The largest absolute Gasteiger partial charge is 0.327 e. The van der Waals surface area contributed by atoms with Crippen molar-refractivity contribution in [2.24, 2.45) is 11.1 Å². The Labute approximate surface area is 70.0 Å². The summed E-state index contributed by atoms with van der Waals surface area (Å²) in [5.41, 5.74) is 6.94. The highest BCUT2D eigenvalue weighted by Crippen LogP contribution is 2.25. The molecule has 2 N–H and O–H groups in total. The van der Waals surface area contributed by atoms with E-state index in [9.17, 15) is 0 Å². The second-order valence-electron chi connectivity index (χ2n) is 3.66. The van der Waals surface area contributed by atoms with Crippen molar-refractivity contribution in [3.05, 3.63) is 24.3 Å². The normalized spacial score (nSPS) is 13.3. The van der Waals surface area contributed by atoms with Gasteiger partial charge in [-0.05, 0) is 18.8 Å². The molecule has 0 radical (unpaired) electrons. The van der Waals surface area contributed by atoms with Crippen LogP contribution in [0.5, 0.6) is 0 Å². The summed E-state index contributed by atoms with van der Waals surface area (Å²) in [6.07, 6.45) is 5.10. The fourth-order valence-electron chi connectivity index (χ4n) is 1.06. The average molecular weight is 153 g/mol. The maximum atomic E-state index is 5.39. The average Bonchev–Trinajstić information content (AvgIpc) is 1.87. The molecule has 0 fully saturated rings. The van der Waals surface area contributed by atoms with Gasteiger partial charge in [-0.3, -0.25) is 0 Å². The van der Waals surface area contributed by atoms with Crippen LogP contribution >= 0.6 is 0 Å². The lowest BCUT2D eigenvalue weighted by Gasteiger charge is -2.19. The van der Waals surface area contributed by atoms with Crippen LogP contribution in [0.25, 0.3) is 0 Å². The summed E-state index contributed by atoms with van der Waals surface area (Å²) >= 11 is 0. The lowest BCUT2D eigenvalue weighted by Crippen LogP contribution is -2.07. The monoisotopic (exact) mass is 153 g/mol. The van der Waals surface area contributed by atoms with Gasteiger partial charge >= 0.3 is 0 Å². The maximum absolute atomic E-state index is 5.39. The van der Waals surface area contributed by atoms with Gasteiger partial charge in [-0.2, -0.15) is 0 Å². The molecule has 0 aromatic heterocycles. The summed E-state index contributed by atoms with van der Waals surface area (Å²) in [5, 5.41) is 0. The fourth-order valence-corrected chi connectivity index (χ4v) is 1.06. The predicted octanol–water partition coefficient (Wildman–Crippen LogP) is 2.49. The fraction of sp³-hybridized carbons (Fsp3) is 0.600. The Kier molecular flexibility index (Phi) is 4.12. The van der Waals surface area contributed by atoms with Crippen molar-refractivity contribution in [3.63, 3.8) is 0 Å². The molecule has 64 valence electrons. The first-order valence-corrected chi connectivity index (χ1v) is 4.01. The molecule has 1 heteroatoms. The summed E-state index contributed by atoms with van der Waals surface area (Å²) < 4.78 is 0. The van der Waals surface area contributed by atoms with E-state index in [1.54, 1.807) is 0 Å². The molecule has 0 aliphatic heterocycles. The highest BCUT2D eigenvalue weighted by atomic mass is 14.5. The van der Waals surface area contributed by atoms with Gasteiger partial charge in [0.05, 0.1) is 0 Å². The van der Waals surface area contributed by atoms with E-state index in [4.69, 9.17) is 5.73 Å². The molecule has 11 heavy (non-hydrogen) atoms. The van der Waals surface area contributed by atoms with Crippen molar-refractivity contribution < 1.29 is 0 Å². The Morgan fingerprint density at radius 1 is 1.55 bits per heavy atom. The lowest BCUT2D eigenvalue weighted by molar-refractivity contribution is 0.476. The summed E-state index contributed by atoms with van der Waals surface area (Å²) in [5.74, 6) is 0. The molecule has 0 aromatic carbocycles. The third-order valence-corrected chi connectivity index (χ3v) is 1.75. The van der Waals surface area contributed by atoms with Gasteiger partial charge < -0.3 is 5.73 Å². The number of hydrogen-bond donors (Lipinski definition) is 1. The second-order valence-corrected chi connectivity index (χ2v) is 3.66. The van der Waals surface area contributed by atoms with Gasteiger partial charge in [0.25, 0.3) is 0 Å². The minimum absolute atomic E-state index is 0.204. The Morgan fingerprint density at radius 3 is 2.45 bits per heavy atom. The van der Waals surface area contributed by atoms with Crippen molar-refractivity contribution in [2.75, 3.05) is 6.54 Å². The minimum Gasteiger partial charge on any atom is -0.327 e. The van der Waals surface area contributed by atoms with Gasteiger partial charge in [0.15, 0.2) is 0 Å². The van der Waals surface area contributed by atoms with Crippen molar-refractivity contribution in [1.29, 1.82) is 0 Å². The minimum atomic E-state index is 0.204. The third-order valence-electron chi connectivity index (χ3n) is 1.75. The molecule has 0 aliphatic rings. The first-order valence-electron chi connectivity index (χ1n) is 4.01. The third kappa shape index (κ3) is 4.79. The van der Waals surface area contributed by atoms with E-state index < -0.39 is 0 Å². The Balaban J connectivity index is 4.03. The predicted molar refractivity (Wildman–Crippen MR) is 51.4 cm³/mol. The van der Waals surface area contributed by atoms with Crippen LogP contribution < -0.4 is 5.73 Å². The summed E-state index contributed by atoms with van der Waals surface area (Å²) in [6, 6.07) is 0. The van der Waals surface area contributed by atoms with Crippen LogP contribution in [0.1, 0.15) is 27.2 Å². The number of rotatable bonds is 4. The van der Waals surface area contributed by atoms with Crippen LogP contribution in [0.2, 0.25) is 0 Å². The maximum Gasteiger partial charge on any atom is 0.0109 e. The van der Waals surface area contributed by atoms with Gasteiger partial charge in [0.2, 0.25) is 0 Å². The second kappa shape index (κ2) is 4.35. The molecule has 0 aliphatic carbocycles. The highest BCUT2D eigenvalue weighted by Gasteiger charge is 2.12. The topological polar surface area (TPSA) is 26.0 Å². The molecule has 0 bridgehead atoms. The molecule has 0 rings (SSSR count). The van der Waals surface area contributed by atoms with E-state index in [1.165, 1.54) is 5.57 Å². The molecule has 0 atom stereocenters. The molecular weight excluding hydrogens is 134 g/mol. The smallest absolute Gasteiger partial charge is 0.0109 e. The zero-order chi connectivity index (χ0) is 8.91. The molecule has 0 saturated carbocycles. The highest BCUT2D eigenvalue weighted by molar-refractivity contribution is 5.05. The Hall–Kier alpha value is -0.560. The van der Waals surface area contributed by atoms with E-state index in [-0.39, 0.29) is 5.41 Å². The van der Waals surface area contributed by atoms with Crippen LogP contribution in [0, 0.1) is 5.41 Å². The first kappa shape index (κ1) is 10.4. The van der Waals surface area contributed by atoms with E-state index in [0.717, 1.165) is 6.42 Å². The molecule has 0 spiro atoms. The molecule has 0 unspecified atom stereocenters. The van der Waals surface area contributed by atoms with Gasteiger partial charge in [-0.15, -0.1) is 6.58 Å². The van der Waals surface area contributed by atoms with E-state index >= 15 is 0 Å². The molecule has 0 amide bonds. The number of allylic oxidation sites excluding steroid dienone is 2. The van der Waals surface area contributed by atoms with E-state index in [0.29, 0.717) is 6.54 Å².